The molecule has 0 N–H and O–H groups in total. The molecule has 0 spiro atoms. The molecule has 0 aromatic heterocycles. The molecule has 18 heavy (non-hydrogen) atoms. The first-order valence-electron chi connectivity index (χ1n) is 5.99. The van der Waals surface area contributed by atoms with E-state index in [0.717, 1.165) is 34.4 Å². The van der Waals surface area contributed by atoms with Crippen LogP contribution in [0.3, 0.4) is 0 Å². The van der Waals surface area contributed by atoms with Crippen molar-refractivity contribution in [3.63, 3.8) is 0 Å². The molecule has 1 nitrogen and oxygen atoms in total. The van der Waals surface area contributed by atoms with Crippen LogP contribution in [0.1, 0.15) is 22.3 Å². The van der Waals surface area contributed by atoms with Crippen LogP contribution in [0.4, 0.5) is 4.39 Å². The fourth-order valence-electron chi connectivity index (χ4n) is 2.21. The Balaban J connectivity index is 2.37. The van der Waals surface area contributed by atoms with Gasteiger partial charge >= 0.3 is 0 Å². The molecule has 0 saturated heterocycles. The monoisotopic (exact) mass is 244 g/mol. The van der Waals surface area contributed by atoms with Crippen molar-refractivity contribution >= 4 is 0 Å². The molecule has 0 heterocycles. The van der Waals surface area contributed by atoms with Gasteiger partial charge in [-0.1, -0.05) is 24.3 Å². The molecule has 94 valence electrons. The van der Waals surface area contributed by atoms with Crippen LogP contribution in [0.25, 0.3) is 0 Å². The third-order valence-corrected chi connectivity index (χ3v) is 3.18. The minimum atomic E-state index is -0.188. The number of benzene rings is 2. The molecule has 2 aromatic rings. The average Bonchev–Trinajstić information content (AvgIpc) is 2.33. The summed E-state index contributed by atoms with van der Waals surface area (Å²) in [5.41, 5.74) is 4.35. The molecule has 0 unspecified atom stereocenters. The van der Waals surface area contributed by atoms with Gasteiger partial charge < -0.3 is 4.74 Å². The number of halogens is 1. The number of hydrogen-bond acceptors (Lipinski definition) is 1. The Kier molecular flexibility index (Phi) is 3.66. The topological polar surface area (TPSA) is 9.23 Å². The van der Waals surface area contributed by atoms with Crippen molar-refractivity contribution in [2.45, 2.75) is 20.3 Å². The van der Waals surface area contributed by atoms with Crippen LogP contribution < -0.4 is 4.74 Å². The zero-order valence-electron chi connectivity index (χ0n) is 11.0. The second-order valence-corrected chi connectivity index (χ2v) is 4.51. The van der Waals surface area contributed by atoms with Gasteiger partial charge in [-0.3, -0.25) is 0 Å². The fourth-order valence-corrected chi connectivity index (χ4v) is 2.21. The summed E-state index contributed by atoms with van der Waals surface area (Å²) < 4.78 is 18.5. The van der Waals surface area contributed by atoms with E-state index in [1.54, 1.807) is 13.2 Å². The third kappa shape index (κ3) is 2.53. The van der Waals surface area contributed by atoms with Crippen LogP contribution in [-0.4, -0.2) is 7.11 Å². The van der Waals surface area contributed by atoms with Gasteiger partial charge in [0.25, 0.3) is 0 Å². The lowest BCUT2D eigenvalue weighted by Gasteiger charge is -2.12. The highest BCUT2D eigenvalue weighted by atomic mass is 19.1. The van der Waals surface area contributed by atoms with Crippen LogP contribution in [0.2, 0.25) is 0 Å². The molecular formula is C16H17FO. The molecule has 0 bridgehead atoms. The Morgan fingerprint density at radius 1 is 1.00 bits per heavy atom. The lowest BCUT2D eigenvalue weighted by Crippen LogP contribution is -1.98. The summed E-state index contributed by atoms with van der Waals surface area (Å²) in [7, 11) is 1.68. The first-order valence-corrected chi connectivity index (χ1v) is 5.99. The standard InChI is InChI=1S/C16H17FO/c1-11-5-4-6-14(16(11)18-3)10-13-7-8-15(17)9-12(13)2/h4-9H,10H2,1-3H3. The molecule has 0 aliphatic heterocycles. The van der Waals surface area contributed by atoms with Gasteiger partial charge in [0.05, 0.1) is 7.11 Å². The van der Waals surface area contributed by atoms with Gasteiger partial charge in [0, 0.05) is 6.42 Å². The third-order valence-electron chi connectivity index (χ3n) is 3.18. The van der Waals surface area contributed by atoms with E-state index in [-0.39, 0.29) is 5.82 Å². The smallest absolute Gasteiger partial charge is 0.125 e. The van der Waals surface area contributed by atoms with Gasteiger partial charge in [-0.05, 0) is 48.2 Å². The maximum absolute atomic E-state index is 13.1. The summed E-state index contributed by atoms with van der Waals surface area (Å²) in [6, 6.07) is 11.0. The Morgan fingerprint density at radius 2 is 1.78 bits per heavy atom. The first kappa shape index (κ1) is 12.6. The second-order valence-electron chi connectivity index (χ2n) is 4.51. The number of aryl methyl sites for hydroxylation is 2. The van der Waals surface area contributed by atoms with Gasteiger partial charge in [0.2, 0.25) is 0 Å². The van der Waals surface area contributed by atoms with E-state index in [0.29, 0.717) is 0 Å². The van der Waals surface area contributed by atoms with Crippen molar-refractivity contribution in [3.8, 4) is 5.75 Å². The van der Waals surface area contributed by atoms with Crippen LogP contribution in [0, 0.1) is 19.7 Å². The molecule has 0 atom stereocenters. The quantitative estimate of drug-likeness (QED) is 0.791. The van der Waals surface area contributed by atoms with E-state index in [1.807, 2.05) is 32.0 Å². The van der Waals surface area contributed by atoms with Crippen LogP contribution in [-0.2, 0) is 6.42 Å². The maximum Gasteiger partial charge on any atom is 0.125 e. The van der Waals surface area contributed by atoms with E-state index >= 15 is 0 Å². The highest BCUT2D eigenvalue weighted by Gasteiger charge is 2.08. The Labute approximate surface area is 107 Å². The van der Waals surface area contributed by atoms with Gasteiger partial charge in [-0.2, -0.15) is 0 Å². The van der Waals surface area contributed by atoms with Gasteiger partial charge in [0.15, 0.2) is 0 Å². The fraction of sp³-hybridized carbons (Fsp3) is 0.250. The summed E-state index contributed by atoms with van der Waals surface area (Å²) in [5.74, 6) is 0.730. The number of rotatable bonds is 3. The van der Waals surface area contributed by atoms with E-state index in [9.17, 15) is 4.39 Å². The Morgan fingerprint density at radius 3 is 2.44 bits per heavy atom. The lowest BCUT2D eigenvalue weighted by molar-refractivity contribution is 0.407. The molecule has 0 fully saturated rings. The predicted molar refractivity (Wildman–Crippen MR) is 71.7 cm³/mol. The highest BCUT2D eigenvalue weighted by molar-refractivity contribution is 5.44. The van der Waals surface area contributed by atoms with Crippen LogP contribution >= 0.6 is 0 Å². The Hall–Kier alpha value is -1.83. The SMILES string of the molecule is COc1c(C)cccc1Cc1ccc(F)cc1C. The zero-order valence-corrected chi connectivity index (χ0v) is 11.0. The van der Waals surface area contributed by atoms with Crippen molar-refractivity contribution in [1.82, 2.24) is 0 Å². The predicted octanol–water partition coefficient (Wildman–Crippen LogP) is 4.04. The summed E-state index contributed by atoms with van der Waals surface area (Å²) in [6.07, 6.45) is 0.761. The van der Waals surface area contributed by atoms with Crippen molar-refractivity contribution in [1.29, 1.82) is 0 Å². The van der Waals surface area contributed by atoms with Gasteiger partial charge in [0.1, 0.15) is 11.6 Å². The summed E-state index contributed by atoms with van der Waals surface area (Å²) in [4.78, 5) is 0. The summed E-state index contributed by atoms with van der Waals surface area (Å²) in [5, 5.41) is 0. The number of methoxy groups -OCH3 is 1. The maximum atomic E-state index is 13.1. The largest absolute Gasteiger partial charge is 0.496 e. The molecular weight excluding hydrogens is 227 g/mol. The van der Waals surface area contributed by atoms with Crippen LogP contribution in [0.15, 0.2) is 36.4 Å². The van der Waals surface area contributed by atoms with E-state index in [1.165, 1.54) is 6.07 Å². The molecule has 0 saturated carbocycles. The van der Waals surface area contributed by atoms with E-state index in [4.69, 9.17) is 4.74 Å². The van der Waals surface area contributed by atoms with Crippen molar-refractivity contribution in [3.05, 3.63) is 64.5 Å². The van der Waals surface area contributed by atoms with Gasteiger partial charge in [-0.15, -0.1) is 0 Å². The molecule has 2 heteroatoms. The van der Waals surface area contributed by atoms with Crippen molar-refractivity contribution < 1.29 is 9.13 Å². The van der Waals surface area contributed by atoms with Crippen molar-refractivity contribution in [2.75, 3.05) is 7.11 Å². The zero-order chi connectivity index (χ0) is 13.1. The number of para-hydroxylation sites is 1. The first-order chi connectivity index (χ1) is 8.61. The van der Waals surface area contributed by atoms with Gasteiger partial charge in [-0.25, -0.2) is 4.39 Å². The minimum Gasteiger partial charge on any atom is -0.496 e. The molecule has 2 aromatic carbocycles. The average molecular weight is 244 g/mol. The van der Waals surface area contributed by atoms with Crippen molar-refractivity contribution in [2.24, 2.45) is 0 Å². The second kappa shape index (κ2) is 5.21. The molecule has 0 radical (unpaired) electrons. The summed E-state index contributed by atoms with van der Waals surface area (Å²) >= 11 is 0. The van der Waals surface area contributed by atoms with E-state index in [2.05, 4.69) is 6.07 Å². The molecule has 0 aliphatic rings. The summed E-state index contributed by atoms with van der Waals surface area (Å²) in [6.45, 7) is 3.96. The Bertz CT molecular complexity index is 561. The number of hydrogen-bond donors (Lipinski definition) is 0. The molecule has 0 amide bonds. The normalized spacial score (nSPS) is 10.4. The molecule has 0 aliphatic carbocycles. The van der Waals surface area contributed by atoms with Crippen LogP contribution in [0.5, 0.6) is 5.75 Å². The van der Waals surface area contributed by atoms with E-state index < -0.39 is 0 Å². The highest BCUT2D eigenvalue weighted by Crippen LogP contribution is 2.26. The lowest BCUT2D eigenvalue weighted by atomic mass is 9.98. The minimum absolute atomic E-state index is 0.188. The molecule has 2 rings (SSSR count). The number of ether oxygens (including phenoxy) is 1.